The second kappa shape index (κ2) is 8.84. The number of amides is 1. The molecular formula is C19H22N2O4. The van der Waals surface area contributed by atoms with Gasteiger partial charge in [0.05, 0.1) is 24.9 Å². The van der Waals surface area contributed by atoms with E-state index < -0.39 is 5.97 Å². The Morgan fingerprint density at radius 1 is 1.16 bits per heavy atom. The Morgan fingerprint density at radius 3 is 2.60 bits per heavy atom. The first kappa shape index (κ1) is 18.5. The van der Waals surface area contributed by atoms with Gasteiger partial charge >= 0.3 is 5.97 Å². The fourth-order valence-electron chi connectivity index (χ4n) is 2.48. The van der Waals surface area contributed by atoms with Crippen LogP contribution in [0.3, 0.4) is 0 Å². The third kappa shape index (κ3) is 5.32. The SMILES string of the molecule is CCN(CC(=O)Nc1ccccc1OC)Cc1cccc(C(=O)O)c1. The largest absolute Gasteiger partial charge is 0.495 e. The van der Waals surface area contributed by atoms with Gasteiger partial charge in [-0.2, -0.15) is 0 Å². The molecule has 2 rings (SSSR count). The Morgan fingerprint density at radius 2 is 1.92 bits per heavy atom. The molecule has 2 aromatic carbocycles. The van der Waals surface area contributed by atoms with E-state index in [0.717, 1.165) is 5.56 Å². The van der Waals surface area contributed by atoms with Crippen LogP contribution in [-0.2, 0) is 11.3 Å². The number of carbonyl (C=O) groups is 2. The van der Waals surface area contributed by atoms with Gasteiger partial charge in [-0.3, -0.25) is 9.69 Å². The van der Waals surface area contributed by atoms with E-state index in [1.807, 2.05) is 30.0 Å². The zero-order chi connectivity index (χ0) is 18.2. The molecule has 0 spiro atoms. The van der Waals surface area contributed by atoms with Crippen molar-refractivity contribution in [2.75, 3.05) is 25.5 Å². The average molecular weight is 342 g/mol. The lowest BCUT2D eigenvalue weighted by molar-refractivity contribution is -0.117. The average Bonchev–Trinajstić information content (AvgIpc) is 2.61. The number of hydrogen-bond acceptors (Lipinski definition) is 4. The van der Waals surface area contributed by atoms with Crippen LogP contribution in [0.5, 0.6) is 5.75 Å². The molecule has 1 amide bonds. The van der Waals surface area contributed by atoms with Gasteiger partial charge in [-0.05, 0) is 36.4 Å². The fourth-order valence-corrected chi connectivity index (χ4v) is 2.48. The molecule has 6 nitrogen and oxygen atoms in total. The summed E-state index contributed by atoms with van der Waals surface area (Å²) in [6.45, 7) is 3.32. The first-order valence-electron chi connectivity index (χ1n) is 8.01. The lowest BCUT2D eigenvalue weighted by Crippen LogP contribution is -2.32. The first-order chi connectivity index (χ1) is 12.0. The van der Waals surface area contributed by atoms with Crippen LogP contribution in [0.1, 0.15) is 22.8 Å². The van der Waals surface area contributed by atoms with Crippen LogP contribution >= 0.6 is 0 Å². The number of rotatable bonds is 8. The normalized spacial score (nSPS) is 10.5. The Balaban J connectivity index is 2.00. The number of anilines is 1. The van der Waals surface area contributed by atoms with Crippen LogP contribution in [0.15, 0.2) is 48.5 Å². The van der Waals surface area contributed by atoms with E-state index in [4.69, 9.17) is 9.84 Å². The summed E-state index contributed by atoms with van der Waals surface area (Å²) in [6.07, 6.45) is 0. The number of likely N-dealkylation sites (N-methyl/N-ethyl adjacent to an activating group) is 1. The minimum absolute atomic E-state index is 0.152. The number of carbonyl (C=O) groups excluding carboxylic acids is 1. The Kier molecular flexibility index (Phi) is 6.54. The van der Waals surface area contributed by atoms with Crippen molar-refractivity contribution in [3.8, 4) is 5.75 Å². The number of carboxylic acid groups (broad SMARTS) is 1. The van der Waals surface area contributed by atoms with Crippen LogP contribution in [0.4, 0.5) is 5.69 Å². The molecule has 0 radical (unpaired) electrons. The highest BCUT2D eigenvalue weighted by Gasteiger charge is 2.13. The number of para-hydroxylation sites is 2. The van der Waals surface area contributed by atoms with E-state index in [-0.39, 0.29) is 18.0 Å². The summed E-state index contributed by atoms with van der Waals surface area (Å²) in [4.78, 5) is 25.3. The molecule has 0 bridgehead atoms. The summed E-state index contributed by atoms with van der Waals surface area (Å²) in [6, 6.07) is 14.0. The zero-order valence-corrected chi connectivity index (χ0v) is 14.4. The van der Waals surface area contributed by atoms with E-state index >= 15 is 0 Å². The molecule has 0 aliphatic carbocycles. The maximum absolute atomic E-state index is 12.3. The summed E-state index contributed by atoms with van der Waals surface area (Å²) in [5, 5.41) is 11.9. The molecule has 2 aromatic rings. The Labute approximate surface area is 147 Å². The van der Waals surface area contributed by atoms with Crippen LogP contribution in [0.25, 0.3) is 0 Å². The molecule has 2 N–H and O–H groups in total. The van der Waals surface area contributed by atoms with Gasteiger partial charge in [0.1, 0.15) is 5.75 Å². The van der Waals surface area contributed by atoms with Crippen LogP contribution in [-0.4, -0.2) is 42.1 Å². The first-order valence-corrected chi connectivity index (χ1v) is 8.01. The number of benzene rings is 2. The third-order valence-electron chi connectivity index (χ3n) is 3.78. The van der Waals surface area contributed by atoms with Crippen molar-refractivity contribution in [3.05, 3.63) is 59.7 Å². The second-order valence-electron chi connectivity index (χ2n) is 5.56. The van der Waals surface area contributed by atoms with Gasteiger partial charge in [0.2, 0.25) is 5.91 Å². The van der Waals surface area contributed by atoms with Crippen molar-refractivity contribution in [2.24, 2.45) is 0 Å². The fraction of sp³-hybridized carbons (Fsp3) is 0.263. The van der Waals surface area contributed by atoms with Gasteiger partial charge in [-0.15, -0.1) is 0 Å². The topological polar surface area (TPSA) is 78.9 Å². The molecule has 6 heteroatoms. The van der Waals surface area contributed by atoms with Gasteiger partial charge < -0.3 is 15.2 Å². The minimum atomic E-state index is -0.959. The maximum atomic E-state index is 12.3. The molecule has 0 aromatic heterocycles. The zero-order valence-electron chi connectivity index (χ0n) is 14.4. The van der Waals surface area contributed by atoms with Crippen molar-refractivity contribution in [2.45, 2.75) is 13.5 Å². The summed E-state index contributed by atoms with van der Waals surface area (Å²) >= 11 is 0. The van der Waals surface area contributed by atoms with Gasteiger partial charge in [0.25, 0.3) is 0 Å². The molecule has 0 saturated carbocycles. The summed E-state index contributed by atoms with van der Waals surface area (Å²) in [5.74, 6) is -0.507. The van der Waals surface area contributed by atoms with Gasteiger partial charge in [0.15, 0.2) is 0 Å². The highest BCUT2D eigenvalue weighted by atomic mass is 16.5. The highest BCUT2D eigenvalue weighted by molar-refractivity contribution is 5.93. The van der Waals surface area contributed by atoms with Gasteiger partial charge in [-0.1, -0.05) is 31.2 Å². The van der Waals surface area contributed by atoms with Crippen LogP contribution in [0, 0.1) is 0 Å². The molecule has 0 atom stereocenters. The summed E-state index contributed by atoms with van der Waals surface area (Å²) < 4.78 is 5.22. The second-order valence-corrected chi connectivity index (χ2v) is 5.56. The van der Waals surface area contributed by atoms with E-state index in [1.165, 1.54) is 0 Å². The number of ether oxygens (including phenoxy) is 1. The number of aromatic carboxylic acids is 1. The van der Waals surface area contributed by atoms with E-state index in [9.17, 15) is 9.59 Å². The standard InChI is InChI=1S/C19H22N2O4/c1-3-21(12-14-7-6-8-15(11-14)19(23)24)13-18(22)20-16-9-4-5-10-17(16)25-2/h4-11H,3,12-13H2,1-2H3,(H,20,22)(H,23,24). The number of hydrogen-bond donors (Lipinski definition) is 2. The van der Waals surface area contributed by atoms with Crippen molar-refractivity contribution < 1.29 is 19.4 Å². The predicted molar refractivity (Wildman–Crippen MR) is 96.0 cm³/mol. The lowest BCUT2D eigenvalue weighted by atomic mass is 10.1. The van der Waals surface area contributed by atoms with Crippen LogP contribution < -0.4 is 10.1 Å². The molecule has 0 unspecified atom stereocenters. The monoisotopic (exact) mass is 342 g/mol. The molecular weight excluding hydrogens is 320 g/mol. The molecule has 0 aliphatic rings. The van der Waals surface area contributed by atoms with E-state index in [0.29, 0.717) is 24.5 Å². The van der Waals surface area contributed by atoms with Crippen molar-refractivity contribution in [1.82, 2.24) is 4.90 Å². The molecule has 0 fully saturated rings. The van der Waals surface area contributed by atoms with E-state index in [1.54, 1.807) is 37.4 Å². The smallest absolute Gasteiger partial charge is 0.335 e. The molecule has 132 valence electrons. The van der Waals surface area contributed by atoms with Crippen molar-refractivity contribution >= 4 is 17.6 Å². The quantitative estimate of drug-likeness (QED) is 0.771. The van der Waals surface area contributed by atoms with E-state index in [2.05, 4.69) is 5.32 Å². The Hall–Kier alpha value is -2.86. The molecule has 0 aliphatic heterocycles. The lowest BCUT2D eigenvalue weighted by Gasteiger charge is -2.20. The minimum Gasteiger partial charge on any atom is -0.495 e. The third-order valence-corrected chi connectivity index (χ3v) is 3.78. The predicted octanol–water partition coefficient (Wildman–Crippen LogP) is 2.85. The number of methoxy groups -OCH3 is 1. The molecule has 0 heterocycles. The van der Waals surface area contributed by atoms with Gasteiger partial charge in [-0.25, -0.2) is 4.79 Å². The summed E-state index contributed by atoms with van der Waals surface area (Å²) in [7, 11) is 1.55. The van der Waals surface area contributed by atoms with Crippen molar-refractivity contribution in [1.29, 1.82) is 0 Å². The van der Waals surface area contributed by atoms with Gasteiger partial charge in [0, 0.05) is 6.54 Å². The maximum Gasteiger partial charge on any atom is 0.335 e. The number of nitrogens with zero attached hydrogens (tertiary/aromatic N) is 1. The van der Waals surface area contributed by atoms with Crippen molar-refractivity contribution in [3.63, 3.8) is 0 Å². The molecule has 25 heavy (non-hydrogen) atoms. The number of carboxylic acids is 1. The van der Waals surface area contributed by atoms with Crippen LogP contribution in [0.2, 0.25) is 0 Å². The summed E-state index contributed by atoms with van der Waals surface area (Å²) in [5.41, 5.74) is 1.72. The molecule has 0 saturated heterocycles. The Bertz CT molecular complexity index is 746. The number of nitrogens with one attached hydrogen (secondary N) is 1. The highest BCUT2D eigenvalue weighted by Crippen LogP contribution is 2.22.